The lowest BCUT2D eigenvalue weighted by molar-refractivity contribution is -0.131. The number of phenolic OH excluding ortho intramolecular Hbond substituents is 1. The van der Waals surface area contributed by atoms with Crippen molar-refractivity contribution in [2.24, 2.45) is 7.05 Å². The molecule has 3 aromatic rings. The third-order valence-electron chi connectivity index (χ3n) is 7.09. The average molecular weight is 479 g/mol. The Labute approximate surface area is 202 Å². The number of nitrogen functional groups attached to an aromatic ring is 1. The lowest BCUT2D eigenvalue weighted by atomic mass is 9.86. The molecule has 0 bridgehead atoms. The van der Waals surface area contributed by atoms with Gasteiger partial charge in [0.2, 0.25) is 0 Å². The number of carbonyl (C=O) groups is 1. The van der Waals surface area contributed by atoms with Crippen LogP contribution in [0.5, 0.6) is 11.5 Å². The van der Waals surface area contributed by atoms with Gasteiger partial charge in [-0.2, -0.15) is 0 Å². The summed E-state index contributed by atoms with van der Waals surface area (Å²) in [5.74, 6) is 0.0816. The lowest BCUT2D eigenvalue weighted by Crippen LogP contribution is -2.50. The van der Waals surface area contributed by atoms with E-state index in [2.05, 4.69) is 5.32 Å². The van der Waals surface area contributed by atoms with E-state index < -0.39 is 22.8 Å². The van der Waals surface area contributed by atoms with Gasteiger partial charge in [-0.05, 0) is 69.4 Å². The zero-order valence-corrected chi connectivity index (χ0v) is 20.8. The Hall–Kier alpha value is -4.01. The number of anilines is 2. The second-order valence-corrected chi connectivity index (χ2v) is 9.35. The summed E-state index contributed by atoms with van der Waals surface area (Å²) in [5.41, 5.74) is 7.81. The van der Waals surface area contributed by atoms with Crippen molar-refractivity contribution in [3.05, 3.63) is 72.9 Å². The number of amides is 1. The van der Waals surface area contributed by atoms with E-state index >= 15 is 0 Å². The van der Waals surface area contributed by atoms with Crippen LogP contribution in [0.1, 0.15) is 41.2 Å². The lowest BCUT2D eigenvalue weighted by Gasteiger charge is -2.36. The Morgan fingerprint density at radius 3 is 2.43 bits per heavy atom. The number of nitrogens with one attached hydrogen (secondary N) is 1. The zero-order valence-electron chi connectivity index (χ0n) is 20.8. The second kappa shape index (κ2) is 8.33. The molecule has 0 saturated carbocycles. The van der Waals surface area contributed by atoms with Gasteiger partial charge in [0.1, 0.15) is 23.0 Å². The van der Waals surface area contributed by atoms with Crippen molar-refractivity contribution >= 4 is 17.4 Å². The number of benzene rings is 2. The Morgan fingerprint density at radius 1 is 1.11 bits per heavy atom. The Balaban J connectivity index is 1.77. The van der Waals surface area contributed by atoms with Crippen LogP contribution in [0.15, 0.2) is 33.9 Å². The highest BCUT2D eigenvalue weighted by Crippen LogP contribution is 2.43. The molecule has 35 heavy (non-hydrogen) atoms. The van der Waals surface area contributed by atoms with E-state index in [1.807, 2.05) is 32.9 Å². The number of hydrogen-bond donors (Lipinski definition) is 3. The fourth-order valence-corrected chi connectivity index (χ4v) is 4.55. The molecular weight excluding hydrogens is 448 g/mol. The fraction of sp³-hybridized carbons (Fsp3) is 0.346. The summed E-state index contributed by atoms with van der Waals surface area (Å²) in [6, 6.07) is 7.13. The molecule has 0 saturated heterocycles. The molecule has 184 valence electrons. The van der Waals surface area contributed by atoms with Gasteiger partial charge in [-0.15, -0.1) is 0 Å². The van der Waals surface area contributed by atoms with Gasteiger partial charge >= 0.3 is 5.69 Å². The second-order valence-electron chi connectivity index (χ2n) is 9.35. The molecule has 1 aliphatic rings. The number of nitrogens with two attached hydrogens (primary N) is 1. The van der Waals surface area contributed by atoms with Crippen molar-refractivity contribution in [1.82, 2.24) is 9.13 Å². The van der Waals surface area contributed by atoms with Crippen LogP contribution in [0, 0.1) is 27.7 Å². The number of phenols is 1. The number of aryl methyl sites for hydroxylation is 1. The molecule has 1 atom stereocenters. The van der Waals surface area contributed by atoms with E-state index in [0.29, 0.717) is 29.8 Å². The molecular formula is C26H30N4O5. The maximum Gasteiger partial charge on any atom is 0.337 e. The first-order chi connectivity index (χ1) is 16.4. The van der Waals surface area contributed by atoms with Gasteiger partial charge in [0, 0.05) is 19.0 Å². The van der Waals surface area contributed by atoms with Gasteiger partial charge in [0.15, 0.2) is 5.60 Å². The van der Waals surface area contributed by atoms with Gasteiger partial charge in [-0.25, -0.2) is 9.36 Å². The molecule has 1 aromatic heterocycles. The zero-order chi connectivity index (χ0) is 25.8. The largest absolute Gasteiger partial charge is 0.507 e. The van der Waals surface area contributed by atoms with Gasteiger partial charge in [0.05, 0.1) is 5.69 Å². The number of fused-ring (bicyclic) bond motifs is 1. The molecule has 1 aliphatic heterocycles. The van der Waals surface area contributed by atoms with Crippen LogP contribution < -0.4 is 27.0 Å². The molecule has 0 fully saturated rings. The quantitative estimate of drug-likeness (QED) is 0.531. The molecule has 2 heterocycles. The molecule has 2 aromatic carbocycles. The summed E-state index contributed by atoms with van der Waals surface area (Å²) >= 11 is 0. The highest BCUT2D eigenvalue weighted by molar-refractivity contribution is 5.99. The number of nitrogens with zero attached hydrogens (tertiary/aromatic N) is 2. The van der Waals surface area contributed by atoms with E-state index in [1.165, 1.54) is 11.6 Å². The number of para-hydroxylation sites is 1. The van der Waals surface area contributed by atoms with Crippen LogP contribution in [-0.2, 0) is 18.3 Å². The third kappa shape index (κ3) is 3.67. The highest BCUT2D eigenvalue weighted by Gasteiger charge is 2.41. The Bertz CT molecular complexity index is 1500. The number of rotatable bonds is 3. The SMILES string of the molecule is Cc1ccccc1-n1c(N)c(NC(=O)C2(C)CCc3c(C)c(O)c(C)c(C)c3O2)c(=O)n(C)c1=O. The fourth-order valence-electron chi connectivity index (χ4n) is 4.55. The van der Waals surface area contributed by atoms with Crippen molar-refractivity contribution in [2.75, 3.05) is 11.1 Å². The summed E-state index contributed by atoms with van der Waals surface area (Å²) in [5, 5.41) is 13.1. The number of ether oxygens (including phenoxy) is 1. The average Bonchev–Trinajstić information content (AvgIpc) is 2.83. The molecule has 1 unspecified atom stereocenters. The summed E-state index contributed by atoms with van der Waals surface area (Å²) in [4.78, 5) is 39.4. The van der Waals surface area contributed by atoms with Crippen molar-refractivity contribution in [1.29, 1.82) is 0 Å². The minimum Gasteiger partial charge on any atom is -0.507 e. The first-order valence-corrected chi connectivity index (χ1v) is 11.4. The number of carbonyl (C=O) groups excluding carboxylic acids is 1. The van der Waals surface area contributed by atoms with E-state index in [0.717, 1.165) is 26.8 Å². The summed E-state index contributed by atoms with van der Waals surface area (Å²) in [7, 11) is 1.34. The van der Waals surface area contributed by atoms with Gasteiger partial charge in [-0.3, -0.25) is 14.2 Å². The smallest absolute Gasteiger partial charge is 0.337 e. The van der Waals surface area contributed by atoms with Crippen molar-refractivity contribution in [2.45, 2.75) is 53.1 Å². The summed E-state index contributed by atoms with van der Waals surface area (Å²) in [6.07, 6.45) is 0.836. The first kappa shape index (κ1) is 24.1. The van der Waals surface area contributed by atoms with E-state index in [1.54, 1.807) is 26.0 Å². The van der Waals surface area contributed by atoms with Crippen LogP contribution in [0.3, 0.4) is 0 Å². The van der Waals surface area contributed by atoms with E-state index in [4.69, 9.17) is 10.5 Å². The molecule has 4 rings (SSSR count). The van der Waals surface area contributed by atoms with E-state index in [9.17, 15) is 19.5 Å². The van der Waals surface area contributed by atoms with Crippen LogP contribution in [0.2, 0.25) is 0 Å². The Kier molecular flexibility index (Phi) is 5.75. The standard InChI is InChI=1S/C26H30N4O5/c1-13-9-7-8-10-18(13)30-22(27)19(23(32)29(6)25(30)34)28-24(33)26(5)12-11-17-16(4)20(31)14(2)15(3)21(17)35-26/h7-10,31H,11-12,27H2,1-6H3,(H,28,33). The summed E-state index contributed by atoms with van der Waals surface area (Å²) < 4.78 is 8.35. The minimum atomic E-state index is -1.30. The summed E-state index contributed by atoms with van der Waals surface area (Å²) in [6.45, 7) is 8.94. The monoisotopic (exact) mass is 478 g/mol. The topological polar surface area (TPSA) is 129 Å². The van der Waals surface area contributed by atoms with Crippen molar-refractivity contribution in [3.63, 3.8) is 0 Å². The molecule has 0 aliphatic carbocycles. The van der Waals surface area contributed by atoms with E-state index in [-0.39, 0.29) is 17.3 Å². The normalized spacial score (nSPS) is 17.0. The maximum absolute atomic E-state index is 13.5. The van der Waals surface area contributed by atoms with Crippen LogP contribution in [-0.4, -0.2) is 25.7 Å². The predicted octanol–water partition coefficient (Wildman–Crippen LogP) is 2.78. The van der Waals surface area contributed by atoms with Crippen LogP contribution in [0.4, 0.5) is 11.5 Å². The maximum atomic E-state index is 13.5. The molecule has 9 nitrogen and oxygen atoms in total. The first-order valence-electron chi connectivity index (χ1n) is 11.4. The molecule has 0 radical (unpaired) electrons. The molecule has 4 N–H and O–H groups in total. The Morgan fingerprint density at radius 2 is 1.77 bits per heavy atom. The van der Waals surface area contributed by atoms with Gasteiger partial charge in [-0.1, -0.05) is 18.2 Å². The number of hydrogen-bond acceptors (Lipinski definition) is 6. The molecule has 1 amide bonds. The predicted molar refractivity (Wildman–Crippen MR) is 135 cm³/mol. The van der Waals surface area contributed by atoms with Gasteiger partial charge in [0.25, 0.3) is 11.5 Å². The van der Waals surface area contributed by atoms with Crippen LogP contribution >= 0.6 is 0 Å². The molecule has 0 spiro atoms. The van der Waals surface area contributed by atoms with Crippen LogP contribution in [0.25, 0.3) is 5.69 Å². The number of aromatic hydroxyl groups is 1. The third-order valence-corrected chi connectivity index (χ3v) is 7.09. The number of aromatic nitrogens is 2. The highest BCUT2D eigenvalue weighted by atomic mass is 16.5. The van der Waals surface area contributed by atoms with Crippen molar-refractivity contribution in [3.8, 4) is 17.2 Å². The molecule has 9 heteroatoms. The minimum absolute atomic E-state index is 0.159. The van der Waals surface area contributed by atoms with Gasteiger partial charge < -0.3 is 20.9 Å². The van der Waals surface area contributed by atoms with Crippen molar-refractivity contribution < 1.29 is 14.6 Å².